The van der Waals surface area contributed by atoms with Crippen molar-refractivity contribution in [3.63, 3.8) is 0 Å². The standard InChI is InChI=1S/C20H26N6O2S/c1-4-26-19-16(10-23-26)18(25-14-5-7-28-8-6-14)15(12(2)24-19)9-22-20(27)17-11-21-13(3)29-17/h10-11,14H,4-9H2,1-3H3,(H,22,27)(H,24,25). The number of fused-ring (bicyclic) bond motifs is 1. The fraction of sp³-hybridized carbons (Fsp3) is 0.500. The van der Waals surface area contributed by atoms with Crippen LogP contribution in [0.15, 0.2) is 12.4 Å². The van der Waals surface area contributed by atoms with Crippen molar-refractivity contribution in [3.05, 3.63) is 33.5 Å². The Hall–Kier alpha value is -2.52. The minimum Gasteiger partial charge on any atom is -0.381 e. The smallest absolute Gasteiger partial charge is 0.263 e. The fourth-order valence-electron chi connectivity index (χ4n) is 3.62. The van der Waals surface area contributed by atoms with Gasteiger partial charge in [0.25, 0.3) is 5.91 Å². The summed E-state index contributed by atoms with van der Waals surface area (Å²) >= 11 is 1.40. The van der Waals surface area contributed by atoms with Gasteiger partial charge in [-0.05, 0) is 33.6 Å². The average Bonchev–Trinajstić information content (AvgIpc) is 3.34. The summed E-state index contributed by atoms with van der Waals surface area (Å²) in [5.74, 6) is -0.114. The highest BCUT2D eigenvalue weighted by Gasteiger charge is 2.21. The molecule has 0 spiro atoms. The molecule has 1 fully saturated rings. The van der Waals surface area contributed by atoms with E-state index in [4.69, 9.17) is 9.72 Å². The Labute approximate surface area is 173 Å². The second kappa shape index (κ2) is 8.46. The van der Waals surface area contributed by atoms with Crippen molar-refractivity contribution in [2.24, 2.45) is 0 Å². The van der Waals surface area contributed by atoms with Crippen LogP contribution in [0.25, 0.3) is 11.0 Å². The van der Waals surface area contributed by atoms with Gasteiger partial charge in [0.2, 0.25) is 0 Å². The third-order valence-corrected chi connectivity index (χ3v) is 6.14. The van der Waals surface area contributed by atoms with E-state index in [1.54, 1.807) is 6.20 Å². The normalized spacial score (nSPS) is 15.0. The molecular formula is C20H26N6O2S. The number of aryl methyl sites for hydroxylation is 3. The van der Waals surface area contributed by atoms with Crippen LogP contribution in [0.5, 0.6) is 0 Å². The van der Waals surface area contributed by atoms with Crippen LogP contribution in [0.3, 0.4) is 0 Å². The minimum absolute atomic E-state index is 0.114. The lowest BCUT2D eigenvalue weighted by Crippen LogP contribution is -2.29. The number of hydrogen-bond acceptors (Lipinski definition) is 7. The molecule has 4 rings (SSSR count). The van der Waals surface area contributed by atoms with E-state index < -0.39 is 0 Å². The van der Waals surface area contributed by atoms with Gasteiger partial charge in [0.05, 0.1) is 28.5 Å². The highest BCUT2D eigenvalue weighted by molar-refractivity contribution is 7.13. The number of hydrogen-bond donors (Lipinski definition) is 2. The quantitative estimate of drug-likeness (QED) is 0.644. The van der Waals surface area contributed by atoms with Crippen LogP contribution < -0.4 is 10.6 Å². The molecule has 1 amide bonds. The second-order valence-electron chi connectivity index (χ2n) is 7.21. The van der Waals surface area contributed by atoms with Crippen molar-refractivity contribution in [2.45, 2.75) is 52.7 Å². The number of carbonyl (C=O) groups excluding carboxylic acids is 1. The molecule has 1 aliphatic rings. The SMILES string of the molecule is CCn1ncc2c(NC3CCOCC3)c(CNC(=O)c3cnc(C)s3)c(C)nc21. The van der Waals surface area contributed by atoms with Gasteiger partial charge >= 0.3 is 0 Å². The first-order chi connectivity index (χ1) is 14.1. The molecule has 0 bridgehead atoms. The van der Waals surface area contributed by atoms with Gasteiger partial charge in [0.1, 0.15) is 4.88 Å². The average molecular weight is 415 g/mol. The molecule has 1 saturated heterocycles. The van der Waals surface area contributed by atoms with Crippen molar-refractivity contribution < 1.29 is 9.53 Å². The first-order valence-corrected chi connectivity index (χ1v) is 10.8. The summed E-state index contributed by atoms with van der Waals surface area (Å²) < 4.78 is 7.40. The number of anilines is 1. The molecule has 1 aliphatic heterocycles. The first-order valence-electron chi connectivity index (χ1n) is 9.96. The number of pyridine rings is 1. The number of nitrogens with one attached hydrogen (secondary N) is 2. The van der Waals surface area contributed by atoms with Crippen molar-refractivity contribution in [2.75, 3.05) is 18.5 Å². The highest BCUT2D eigenvalue weighted by Crippen LogP contribution is 2.30. The molecule has 0 saturated carbocycles. The van der Waals surface area contributed by atoms with Crippen LogP contribution in [0.2, 0.25) is 0 Å². The Morgan fingerprint density at radius 2 is 2.10 bits per heavy atom. The van der Waals surface area contributed by atoms with Crippen LogP contribution in [-0.2, 0) is 17.8 Å². The number of carbonyl (C=O) groups is 1. The maximum atomic E-state index is 12.5. The Morgan fingerprint density at radius 3 is 2.79 bits per heavy atom. The largest absolute Gasteiger partial charge is 0.381 e. The van der Waals surface area contributed by atoms with E-state index in [2.05, 4.69) is 27.6 Å². The van der Waals surface area contributed by atoms with E-state index in [0.717, 1.165) is 65.6 Å². The van der Waals surface area contributed by atoms with Crippen molar-refractivity contribution in [1.29, 1.82) is 0 Å². The summed E-state index contributed by atoms with van der Waals surface area (Å²) in [5.41, 5.74) is 3.77. The molecule has 0 aliphatic carbocycles. The first kappa shape index (κ1) is 19.8. The summed E-state index contributed by atoms with van der Waals surface area (Å²) in [4.78, 5) is 22.1. The van der Waals surface area contributed by atoms with Crippen molar-refractivity contribution >= 4 is 34.0 Å². The molecular weight excluding hydrogens is 388 g/mol. The number of ether oxygens (including phenoxy) is 1. The number of nitrogens with zero attached hydrogens (tertiary/aromatic N) is 4. The van der Waals surface area contributed by atoms with Crippen LogP contribution in [0.1, 0.15) is 45.7 Å². The summed E-state index contributed by atoms with van der Waals surface area (Å²) in [6.45, 7) is 8.61. The zero-order chi connectivity index (χ0) is 20.4. The number of amides is 1. The zero-order valence-electron chi connectivity index (χ0n) is 17.0. The van der Waals surface area contributed by atoms with E-state index in [-0.39, 0.29) is 5.91 Å². The monoisotopic (exact) mass is 414 g/mol. The molecule has 3 aromatic rings. The van der Waals surface area contributed by atoms with Crippen molar-refractivity contribution in [3.8, 4) is 0 Å². The van der Waals surface area contributed by atoms with E-state index in [1.807, 2.05) is 24.7 Å². The van der Waals surface area contributed by atoms with E-state index in [0.29, 0.717) is 17.5 Å². The minimum atomic E-state index is -0.114. The topological polar surface area (TPSA) is 94.0 Å². The summed E-state index contributed by atoms with van der Waals surface area (Å²) in [6, 6.07) is 0.331. The van der Waals surface area contributed by atoms with Gasteiger partial charge < -0.3 is 15.4 Å². The summed E-state index contributed by atoms with van der Waals surface area (Å²) in [6.07, 6.45) is 5.40. The van der Waals surface area contributed by atoms with Gasteiger partial charge in [-0.2, -0.15) is 5.10 Å². The van der Waals surface area contributed by atoms with E-state index in [1.165, 1.54) is 11.3 Å². The zero-order valence-corrected chi connectivity index (χ0v) is 17.8. The Kier molecular flexibility index (Phi) is 5.77. The van der Waals surface area contributed by atoms with Gasteiger partial charge in [-0.25, -0.2) is 14.6 Å². The number of aromatic nitrogens is 4. The molecule has 0 aromatic carbocycles. The molecule has 8 nitrogen and oxygen atoms in total. The lowest BCUT2D eigenvalue weighted by atomic mass is 10.0. The number of rotatable bonds is 6. The Morgan fingerprint density at radius 1 is 1.31 bits per heavy atom. The van der Waals surface area contributed by atoms with E-state index >= 15 is 0 Å². The Bertz CT molecular complexity index is 1020. The van der Waals surface area contributed by atoms with Gasteiger partial charge in [0, 0.05) is 43.6 Å². The third-order valence-electron chi connectivity index (χ3n) is 5.23. The third kappa shape index (κ3) is 4.11. The molecule has 9 heteroatoms. The number of thiazole rings is 1. The maximum Gasteiger partial charge on any atom is 0.263 e. The van der Waals surface area contributed by atoms with Crippen LogP contribution in [0.4, 0.5) is 5.69 Å². The van der Waals surface area contributed by atoms with Gasteiger partial charge in [-0.15, -0.1) is 11.3 Å². The molecule has 2 N–H and O–H groups in total. The molecule has 0 atom stereocenters. The second-order valence-corrected chi connectivity index (χ2v) is 8.44. The van der Waals surface area contributed by atoms with Crippen LogP contribution in [0, 0.1) is 13.8 Å². The lowest BCUT2D eigenvalue weighted by molar-refractivity contribution is 0.0904. The maximum absolute atomic E-state index is 12.5. The van der Waals surface area contributed by atoms with Crippen molar-refractivity contribution in [1.82, 2.24) is 25.1 Å². The highest BCUT2D eigenvalue weighted by atomic mass is 32.1. The van der Waals surface area contributed by atoms with E-state index in [9.17, 15) is 4.79 Å². The van der Waals surface area contributed by atoms with Gasteiger partial charge in [-0.1, -0.05) is 0 Å². The molecule has 154 valence electrons. The Balaban J connectivity index is 1.66. The molecule has 3 aromatic heterocycles. The predicted octanol–water partition coefficient (Wildman–Crippen LogP) is 3.05. The summed E-state index contributed by atoms with van der Waals surface area (Å²) in [7, 11) is 0. The van der Waals surface area contributed by atoms with Crippen LogP contribution >= 0.6 is 11.3 Å². The fourth-order valence-corrected chi connectivity index (χ4v) is 4.32. The molecule has 4 heterocycles. The molecule has 0 radical (unpaired) electrons. The van der Waals surface area contributed by atoms with Gasteiger partial charge in [-0.3, -0.25) is 4.79 Å². The van der Waals surface area contributed by atoms with Crippen LogP contribution in [-0.4, -0.2) is 44.9 Å². The molecule has 29 heavy (non-hydrogen) atoms. The van der Waals surface area contributed by atoms with Gasteiger partial charge in [0.15, 0.2) is 5.65 Å². The summed E-state index contributed by atoms with van der Waals surface area (Å²) in [5, 5.41) is 13.1. The lowest BCUT2D eigenvalue weighted by Gasteiger charge is -2.26. The predicted molar refractivity (Wildman–Crippen MR) is 113 cm³/mol. The molecule has 0 unspecified atom stereocenters.